The lowest BCUT2D eigenvalue weighted by Gasteiger charge is -2.56. The van der Waals surface area contributed by atoms with Crippen molar-refractivity contribution in [3.8, 4) is 0 Å². The van der Waals surface area contributed by atoms with E-state index in [-0.39, 0.29) is 23.1 Å². The number of carbonyl (C=O) groups excluding carboxylic acids is 2. The fourth-order valence-corrected chi connectivity index (χ4v) is 7.80. The van der Waals surface area contributed by atoms with Gasteiger partial charge < -0.3 is 5.32 Å². The zero-order valence-corrected chi connectivity index (χ0v) is 20.4. The lowest BCUT2D eigenvalue weighted by atomic mass is 9.49. The molecule has 2 aromatic rings. The molecule has 6 nitrogen and oxygen atoms in total. The third-order valence-corrected chi connectivity index (χ3v) is 9.46. The van der Waals surface area contributed by atoms with Gasteiger partial charge >= 0.3 is 0 Å². The van der Waals surface area contributed by atoms with Gasteiger partial charge in [-0.2, -0.15) is 0 Å². The molecule has 7 heteroatoms. The highest BCUT2D eigenvalue weighted by molar-refractivity contribution is 7.89. The molecule has 6 rings (SSSR count). The standard InChI is InChI=1S/C27H32N2O4S/c1-18(30)23-6-8-25(9-7-23)34(32,33)29-16-19-2-4-24(5-3-19)26(31)28-17-27-13-20-10-21(14-27)12-22(11-20)15-27/h2-9,20-22,29H,10-17H2,1H3,(H,28,31). The van der Waals surface area contributed by atoms with Crippen LogP contribution in [0.3, 0.4) is 0 Å². The van der Waals surface area contributed by atoms with Gasteiger partial charge in [-0.05, 0) is 98.4 Å². The molecule has 4 bridgehead atoms. The number of hydrogen-bond donors (Lipinski definition) is 2. The van der Waals surface area contributed by atoms with Crippen molar-refractivity contribution in [3.05, 3.63) is 65.2 Å². The molecule has 0 heterocycles. The number of sulfonamides is 1. The van der Waals surface area contributed by atoms with E-state index in [4.69, 9.17) is 0 Å². The van der Waals surface area contributed by atoms with Crippen LogP contribution in [0.2, 0.25) is 0 Å². The number of Topliss-reactive ketones (excluding diaryl/α,β-unsaturated/α-hetero) is 1. The first-order chi connectivity index (χ1) is 16.2. The van der Waals surface area contributed by atoms with Crippen LogP contribution in [0.1, 0.15) is 71.7 Å². The summed E-state index contributed by atoms with van der Waals surface area (Å²) in [5.41, 5.74) is 2.12. The van der Waals surface area contributed by atoms with Crippen molar-refractivity contribution >= 4 is 21.7 Å². The molecule has 0 radical (unpaired) electrons. The quantitative estimate of drug-likeness (QED) is 0.551. The minimum atomic E-state index is -3.70. The summed E-state index contributed by atoms with van der Waals surface area (Å²) in [6.07, 6.45) is 7.95. The molecule has 0 atom stereocenters. The summed E-state index contributed by atoms with van der Waals surface area (Å²) in [4.78, 5) is 24.3. The van der Waals surface area contributed by atoms with E-state index in [1.54, 1.807) is 24.3 Å². The Kier molecular flexibility index (Phi) is 6.10. The Morgan fingerprint density at radius 3 is 1.91 bits per heavy atom. The maximum atomic E-state index is 12.8. The van der Waals surface area contributed by atoms with Crippen LogP contribution < -0.4 is 10.0 Å². The normalized spacial score (nSPS) is 27.5. The predicted molar refractivity (Wildman–Crippen MR) is 130 cm³/mol. The lowest BCUT2D eigenvalue weighted by molar-refractivity contribution is -0.0503. The second kappa shape index (κ2) is 8.93. The summed E-state index contributed by atoms with van der Waals surface area (Å²) in [5, 5.41) is 3.19. The van der Waals surface area contributed by atoms with Crippen molar-refractivity contribution in [2.24, 2.45) is 23.2 Å². The SMILES string of the molecule is CC(=O)c1ccc(S(=O)(=O)NCc2ccc(C(=O)NCC34CC5CC(CC(C5)C3)C4)cc2)cc1. The van der Waals surface area contributed by atoms with Crippen LogP contribution in [0.4, 0.5) is 0 Å². The van der Waals surface area contributed by atoms with Crippen molar-refractivity contribution in [2.45, 2.75) is 56.9 Å². The highest BCUT2D eigenvalue weighted by Gasteiger charge is 2.50. The molecule has 4 saturated carbocycles. The number of carbonyl (C=O) groups is 2. The van der Waals surface area contributed by atoms with Crippen LogP contribution >= 0.6 is 0 Å². The van der Waals surface area contributed by atoms with Crippen LogP contribution in [0.15, 0.2) is 53.4 Å². The number of amides is 1. The molecule has 0 aromatic heterocycles. The van der Waals surface area contributed by atoms with E-state index in [9.17, 15) is 18.0 Å². The minimum absolute atomic E-state index is 0.0616. The van der Waals surface area contributed by atoms with Gasteiger partial charge in [0.1, 0.15) is 0 Å². The van der Waals surface area contributed by atoms with Gasteiger partial charge in [0, 0.05) is 24.2 Å². The molecule has 0 unspecified atom stereocenters. The van der Waals surface area contributed by atoms with E-state index >= 15 is 0 Å². The van der Waals surface area contributed by atoms with Gasteiger partial charge in [0.05, 0.1) is 4.90 Å². The maximum Gasteiger partial charge on any atom is 0.251 e. The Morgan fingerprint density at radius 1 is 0.853 bits per heavy atom. The zero-order valence-electron chi connectivity index (χ0n) is 19.5. The molecule has 2 aromatic carbocycles. The topological polar surface area (TPSA) is 92.3 Å². The zero-order chi connectivity index (χ0) is 23.9. The third-order valence-electron chi connectivity index (χ3n) is 8.04. The molecule has 4 aliphatic rings. The van der Waals surface area contributed by atoms with Crippen molar-refractivity contribution in [3.63, 3.8) is 0 Å². The summed E-state index contributed by atoms with van der Waals surface area (Å²) in [6.45, 7) is 2.32. The van der Waals surface area contributed by atoms with E-state index in [2.05, 4.69) is 10.0 Å². The molecule has 0 spiro atoms. The van der Waals surface area contributed by atoms with Crippen molar-refractivity contribution in [1.82, 2.24) is 10.0 Å². The van der Waals surface area contributed by atoms with Crippen molar-refractivity contribution < 1.29 is 18.0 Å². The molecule has 2 N–H and O–H groups in total. The van der Waals surface area contributed by atoms with Crippen LogP contribution in [0.25, 0.3) is 0 Å². The monoisotopic (exact) mass is 480 g/mol. The Labute approximate surface area is 201 Å². The second-order valence-electron chi connectivity index (χ2n) is 10.7. The van der Waals surface area contributed by atoms with Crippen LogP contribution in [-0.2, 0) is 16.6 Å². The maximum absolute atomic E-state index is 12.8. The van der Waals surface area contributed by atoms with E-state index in [0.717, 1.165) is 29.9 Å². The molecule has 0 saturated heterocycles. The fourth-order valence-electron chi connectivity index (χ4n) is 6.78. The fraction of sp³-hybridized carbons (Fsp3) is 0.481. The third kappa shape index (κ3) is 4.82. The molecule has 34 heavy (non-hydrogen) atoms. The first kappa shape index (κ1) is 23.2. The smallest absolute Gasteiger partial charge is 0.251 e. The lowest BCUT2D eigenvalue weighted by Crippen LogP contribution is -2.51. The Bertz CT molecular complexity index is 1150. The summed E-state index contributed by atoms with van der Waals surface area (Å²) in [6, 6.07) is 12.9. The number of nitrogens with one attached hydrogen (secondary N) is 2. The summed E-state index contributed by atoms with van der Waals surface area (Å²) in [7, 11) is -3.70. The molecule has 4 fully saturated rings. The number of hydrogen-bond acceptors (Lipinski definition) is 4. The van der Waals surface area contributed by atoms with E-state index in [1.807, 2.05) is 0 Å². The minimum Gasteiger partial charge on any atom is -0.351 e. The Hall–Kier alpha value is -2.51. The highest BCUT2D eigenvalue weighted by Crippen LogP contribution is 2.59. The molecule has 180 valence electrons. The van der Waals surface area contributed by atoms with Gasteiger partial charge in [0.2, 0.25) is 10.0 Å². The molecular weight excluding hydrogens is 448 g/mol. The van der Waals surface area contributed by atoms with Gasteiger partial charge in [-0.15, -0.1) is 0 Å². The van der Waals surface area contributed by atoms with Crippen LogP contribution in [0, 0.1) is 23.2 Å². The summed E-state index contributed by atoms with van der Waals surface area (Å²) >= 11 is 0. The Balaban J connectivity index is 1.15. The van der Waals surface area contributed by atoms with Crippen molar-refractivity contribution in [2.75, 3.05) is 6.54 Å². The van der Waals surface area contributed by atoms with Crippen LogP contribution in [0.5, 0.6) is 0 Å². The number of rotatable bonds is 8. The van der Waals surface area contributed by atoms with E-state index in [1.165, 1.54) is 69.7 Å². The first-order valence-electron chi connectivity index (χ1n) is 12.2. The summed E-state index contributed by atoms with van der Waals surface area (Å²) < 4.78 is 27.7. The highest BCUT2D eigenvalue weighted by atomic mass is 32.2. The van der Waals surface area contributed by atoms with E-state index in [0.29, 0.717) is 16.5 Å². The van der Waals surface area contributed by atoms with Gasteiger partial charge in [-0.25, -0.2) is 13.1 Å². The largest absolute Gasteiger partial charge is 0.351 e. The second-order valence-corrected chi connectivity index (χ2v) is 12.5. The first-order valence-corrected chi connectivity index (χ1v) is 13.7. The van der Waals surface area contributed by atoms with Gasteiger partial charge in [-0.1, -0.05) is 24.3 Å². The van der Waals surface area contributed by atoms with Gasteiger partial charge in [0.25, 0.3) is 5.91 Å². The van der Waals surface area contributed by atoms with Crippen LogP contribution in [-0.4, -0.2) is 26.7 Å². The Morgan fingerprint density at radius 2 is 1.38 bits per heavy atom. The average molecular weight is 481 g/mol. The average Bonchev–Trinajstić information content (AvgIpc) is 2.81. The number of benzene rings is 2. The van der Waals surface area contributed by atoms with Gasteiger partial charge in [-0.3, -0.25) is 9.59 Å². The van der Waals surface area contributed by atoms with Crippen molar-refractivity contribution in [1.29, 1.82) is 0 Å². The molecular formula is C27H32N2O4S. The molecule has 4 aliphatic carbocycles. The van der Waals surface area contributed by atoms with Gasteiger partial charge in [0.15, 0.2) is 5.78 Å². The molecule has 0 aliphatic heterocycles. The molecule has 1 amide bonds. The summed E-state index contributed by atoms with van der Waals surface area (Å²) in [5.74, 6) is 2.40. The number of ketones is 1. The predicted octanol–water partition coefficient (Wildman–Crippen LogP) is 4.31. The van der Waals surface area contributed by atoms with E-state index < -0.39 is 10.0 Å².